The van der Waals surface area contributed by atoms with E-state index in [-0.39, 0.29) is 42.8 Å². The largest absolute Gasteiger partial charge is 0.478 e. The quantitative estimate of drug-likeness (QED) is 0.0404. The minimum atomic E-state index is -1.16. The first kappa shape index (κ1) is 37.1. The average molecular weight is 670 g/mol. The molecule has 0 fully saturated rings. The highest BCUT2D eigenvalue weighted by Crippen LogP contribution is 2.44. The number of guanidine groups is 1. The Morgan fingerprint density at radius 1 is 1.08 bits per heavy atom. The van der Waals surface area contributed by atoms with Gasteiger partial charge in [-0.3, -0.25) is 0 Å². The molecule has 2 aromatic carbocycles. The second kappa shape index (κ2) is 18.1. The third kappa shape index (κ3) is 10.6. The summed E-state index contributed by atoms with van der Waals surface area (Å²) in [4.78, 5) is 42.0. The Morgan fingerprint density at radius 2 is 1.90 bits per heavy atom. The third-order valence-corrected chi connectivity index (χ3v) is 9.32. The van der Waals surface area contributed by atoms with Gasteiger partial charge in [-0.25, -0.2) is 9.79 Å². The number of aliphatic imine (C=N–C) groups is 1. The van der Waals surface area contributed by atoms with E-state index in [1.54, 1.807) is 6.20 Å². The van der Waals surface area contributed by atoms with Gasteiger partial charge in [-0.05, 0) is 95.5 Å². The second-order valence-corrected chi connectivity index (χ2v) is 13.0. The molecule has 49 heavy (non-hydrogen) atoms. The van der Waals surface area contributed by atoms with Gasteiger partial charge in [-0.15, -0.1) is 0 Å². The monoisotopic (exact) mass is 669 g/mol. The Kier molecular flexibility index (Phi) is 13.7. The molecule has 3 aromatic rings. The number of nitrogens with zero attached hydrogens (tertiary/aromatic N) is 2. The van der Waals surface area contributed by atoms with Crippen LogP contribution in [0.1, 0.15) is 74.5 Å². The number of aliphatic carboxylic acids is 1. The number of hydrogen-bond donors (Lipinski definition) is 6. The maximum absolute atomic E-state index is 12.2. The molecule has 0 aliphatic heterocycles. The number of carbonyl (C=O) groups is 3. The Labute approximate surface area is 287 Å². The first-order chi connectivity index (χ1) is 23.6. The molecular weight excluding hydrogens is 620 g/mol. The summed E-state index contributed by atoms with van der Waals surface area (Å²) >= 11 is 0. The van der Waals surface area contributed by atoms with Crippen LogP contribution < -0.4 is 17.2 Å². The van der Waals surface area contributed by atoms with Gasteiger partial charge in [0.2, 0.25) is 0 Å². The van der Waals surface area contributed by atoms with Gasteiger partial charge in [0, 0.05) is 31.1 Å². The van der Waals surface area contributed by atoms with Crippen molar-refractivity contribution >= 4 is 47.2 Å². The van der Waals surface area contributed by atoms with Crippen molar-refractivity contribution in [3.05, 3.63) is 88.4 Å². The lowest BCUT2D eigenvalue weighted by molar-refractivity contribution is -0.131. The van der Waals surface area contributed by atoms with Crippen molar-refractivity contribution in [2.45, 2.75) is 82.3 Å². The number of nitrogens with one attached hydrogen (secondary N) is 1. The van der Waals surface area contributed by atoms with E-state index in [9.17, 15) is 24.6 Å². The van der Waals surface area contributed by atoms with Crippen LogP contribution in [0, 0.1) is 11.8 Å². The predicted molar refractivity (Wildman–Crippen MR) is 195 cm³/mol. The number of nitrogens with two attached hydrogens (primary N) is 3. The minimum absolute atomic E-state index is 0.0230. The lowest BCUT2D eigenvalue weighted by Gasteiger charge is -2.37. The lowest BCUT2D eigenvalue weighted by Crippen LogP contribution is -2.31. The number of aldehydes is 2. The molecule has 0 saturated carbocycles. The zero-order chi connectivity index (χ0) is 35.3. The van der Waals surface area contributed by atoms with Crippen LogP contribution in [-0.4, -0.2) is 64.4 Å². The number of hydrogen-bond acceptors (Lipinski definition) is 6. The Morgan fingerprint density at radius 3 is 2.57 bits per heavy atom. The highest BCUT2D eigenvalue weighted by atomic mass is 16.4. The van der Waals surface area contributed by atoms with E-state index >= 15 is 0 Å². The number of aromatic nitrogens is 1. The molecule has 0 bridgehead atoms. The normalized spacial score (nSPS) is 18.2. The molecule has 1 aliphatic rings. The Balaban J connectivity index is 1.73. The van der Waals surface area contributed by atoms with Crippen LogP contribution in [0.5, 0.6) is 0 Å². The van der Waals surface area contributed by atoms with E-state index in [2.05, 4.69) is 40.3 Å². The number of aliphatic hydroxyl groups is 1. The van der Waals surface area contributed by atoms with Gasteiger partial charge >= 0.3 is 5.97 Å². The molecule has 0 unspecified atom stereocenters. The molecule has 0 radical (unpaired) electrons. The summed E-state index contributed by atoms with van der Waals surface area (Å²) in [6.07, 6.45) is 13.9. The number of rotatable bonds is 20. The topological polar surface area (TPSA) is 212 Å². The fraction of sp³-hybridized carbons (Fsp3) is 0.421. The number of carbonyl (C=O) groups excluding carboxylic acids is 2. The molecule has 0 saturated heterocycles. The number of carboxylic acid groups (broad SMARTS) is 1. The van der Waals surface area contributed by atoms with E-state index in [0.717, 1.165) is 72.7 Å². The van der Waals surface area contributed by atoms with Gasteiger partial charge < -0.3 is 47.3 Å². The predicted octanol–water partition coefficient (Wildman–Crippen LogP) is 5.25. The van der Waals surface area contributed by atoms with Crippen molar-refractivity contribution in [2.24, 2.45) is 34.0 Å². The van der Waals surface area contributed by atoms with E-state index in [1.807, 2.05) is 31.2 Å². The van der Waals surface area contributed by atoms with Crippen LogP contribution in [0.15, 0.2) is 71.4 Å². The summed E-state index contributed by atoms with van der Waals surface area (Å²) < 4.78 is 0. The molecule has 0 spiro atoms. The summed E-state index contributed by atoms with van der Waals surface area (Å²) in [6, 6.07) is 12.6. The molecule has 4 rings (SSSR count). The molecule has 1 aromatic heterocycles. The van der Waals surface area contributed by atoms with E-state index in [1.165, 1.54) is 5.56 Å². The zero-order valence-corrected chi connectivity index (χ0v) is 28.1. The van der Waals surface area contributed by atoms with Crippen molar-refractivity contribution in [2.75, 3.05) is 6.61 Å². The summed E-state index contributed by atoms with van der Waals surface area (Å²) in [5.41, 5.74) is 21.6. The first-order valence-corrected chi connectivity index (χ1v) is 17.0. The van der Waals surface area contributed by atoms with Gasteiger partial charge in [0.1, 0.15) is 12.6 Å². The van der Waals surface area contributed by atoms with Crippen LogP contribution in [0.2, 0.25) is 0 Å². The van der Waals surface area contributed by atoms with Gasteiger partial charge in [0.25, 0.3) is 0 Å². The number of benzene rings is 2. The molecule has 6 atom stereocenters. The zero-order valence-electron chi connectivity index (χ0n) is 28.1. The SMILES string of the molecule is C[C@H](C=O)CC[C@H](N)CCC[C@@H]1c2cc3cc(CC=O)ccc3cc2C=C[C@H]1C[C@@H]([N-]c1ccc[nH]1)/C(=C/C(=O)O)[C@H](CCO)N=C(N)N. The average Bonchev–Trinajstić information content (AvgIpc) is 3.58. The highest BCUT2D eigenvalue weighted by molar-refractivity contribution is 5.88. The van der Waals surface area contributed by atoms with Crippen LogP contribution in [0.25, 0.3) is 22.2 Å². The van der Waals surface area contributed by atoms with Crippen molar-refractivity contribution in [1.82, 2.24) is 4.98 Å². The first-order valence-electron chi connectivity index (χ1n) is 17.0. The number of fused-ring (bicyclic) bond motifs is 2. The smallest absolute Gasteiger partial charge is 0.328 e. The van der Waals surface area contributed by atoms with Crippen molar-refractivity contribution < 1.29 is 24.6 Å². The maximum atomic E-state index is 12.2. The summed E-state index contributed by atoms with van der Waals surface area (Å²) in [5.74, 6) is -0.819. The molecule has 1 aliphatic carbocycles. The van der Waals surface area contributed by atoms with Gasteiger partial charge in [-0.2, -0.15) is 0 Å². The van der Waals surface area contributed by atoms with Crippen LogP contribution in [0.4, 0.5) is 5.82 Å². The minimum Gasteiger partial charge on any atom is -0.478 e. The van der Waals surface area contributed by atoms with Crippen LogP contribution in [-0.2, 0) is 20.8 Å². The highest BCUT2D eigenvalue weighted by Gasteiger charge is 2.31. The number of carboxylic acids is 1. The molecule has 11 nitrogen and oxygen atoms in total. The van der Waals surface area contributed by atoms with Crippen molar-refractivity contribution in [3.8, 4) is 0 Å². The molecule has 0 amide bonds. The van der Waals surface area contributed by atoms with Gasteiger partial charge in [0.05, 0.1) is 6.04 Å². The van der Waals surface area contributed by atoms with Crippen molar-refractivity contribution in [3.63, 3.8) is 0 Å². The number of aliphatic hydroxyl groups excluding tert-OH is 1. The van der Waals surface area contributed by atoms with E-state index < -0.39 is 18.1 Å². The number of aromatic amines is 1. The number of H-pyrrole nitrogens is 1. The maximum Gasteiger partial charge on any atom is 0.328 e. The molecule has 11 heteroatoms. The fourth-order valence-electron chi connectivity index (χ4n) is 6.82. The van der Waals surface area contributed by atoms with Gasteiger partial charge in [-0.1, -0.05) is 73.9 Å². The summed E-state index contributed by atoms with van der Waals surface area (Å²) in [6.45, 7) is 1.65. The Bertz CT molecular complexity index is 1650. The van der Waals surface area contributed by atoms with Crippen LogP contribution >= 0.6 is 0 Å². The summed E-state index contributed by atoms with van der Waals surface area (Å²) in [7, 11) is 0. The molecule has 1 heterocycles. The molecular formula is C38H49N6O5-. The standard InChI is InChI=1S/C38H49N6O5/c1-24(23-47)7-12-30(39)4-2-5-31-28(11-10-27-19-26-9-8-25(13-16-45)18-29(26)20-32(27)31)21-35(43-36-6-3-15-42-36)33(22-37(48)49)34(14-17-46)44-38(40)41/h3,6,8-11,15-16,18-20,22-24,28,30-31,34-35,42,46H,2,4-5,7,12-14,17,21,39H2,1H3,(H,48,49)(H4,40,41,44)/q-1/b33-22+/t24-,28-,30+,31-,34-,35+/m0/s1. The lowest BCUT2D eigenvalue weighted by atomic mass is 9.72. The molecule has 9 N–H and O–H groups in total. The van der Waals surface area contributed by atoms with Crippen molar-refractivity contribution in [1.29, 1.82) is 0 Å². The third-order valence-electron chi connectivity index (χ3n) is 9.32. The Hall–Kier alpha value is -4.74. The van der Waals surface area contributed by atoms with Crippen LogP contribution in [0.3, 0.4) is 0 Å². The van der Waals surface area contributed by atoms with E-state index in [0.29, 0.717) is 24.2 Å². The summed E-state index contributed by atoms with van der Waals surface area (Å²) in [5, 5.41) is 26.9. The van der Waals surface area contributed by atoms with Gasteiger partial charge in [0.15, 0.2) is 5.96 Å². The molecule has 262 valence electrons. The second-order valence-electron chi connectivity index (χ2n) is 13.0. The van der Waals surface area contributed by atoms with E-state index in [4.69, 9.17) is 22.5 Å². The fourth-order valence-corrected chi connectivity index (χ4v) is 6.82. The number of allylic oxidation sites excluding steroid dienone is 1.